The summed E-state index contributed by atoms with van der Waals surface area (Å²) in [6, 6.07) is 8.26. The van der Waals surface area contributed by atoms with E-state index in [1.54, 1.807) is 17.5 Å². The Morgan fingerprint density at radius 2 is 1.97 bits per heavy atom. The molecule has 0 unspecified atom stereocenters. The first-order chi connectivity index (χ1) is 17.5. The average Bonchev–Trinajstić information content (AvgIpc) is 3.54. The van der Waals surface area contributed by atoms with Crippen molar-refractivity contribution >= 4 is 56.0 Å². The van der Waals surface area contributed by atoms with Crippen LogP contribution in [0.3, 0.4) is 0 Å². The number of rotatable bonds is 8. The number of thiazole rings is 2. The predicted octanol–water partition coefficient (Wildman–Crippen LogP) is 4.13. The van der Waals surface area contributed by atoms with Crippen LogP contribution in [0.25, 0.3) is 20.8 Å². The van der Waals surface area contributed by atoms with E-state index in [0.29, 0.717) is 25.3 Å². The Hall–Kier alpha value is -3.12. The SMILES string of the molecule is CC(C)Nc1cc(Nc2ccc3ncsc3c2)ncc1-c1nc(C(=O)N2CCN(CCO)CC2)cs1. The first-order valence-electron chi connectivity index (χ1n) is 12.0. The van der Waals surface area contributed by atoms with Gasteiger partial charge in [0.25, 0.3) is 5.91 Å². The number of amides is 1. The molecule has 5 rings (SSSR count). The number of carbonyl (C=O) groups is 1. The Kier molecular flexibility index (Phi) is 7.42. The number of fused-ring (bicyclic) bond motifs is 1. The maximum Gasteiger partial charge on any atom is 0.273 e. The monoisotopic (exact) mass is 523 g/mol. The molecule has 9 nitrogen and oxygen atoms in total. The van der Waals surface area contributed by atoms with Crippen LogP contribution in [-0.2, 0) is 0 Å². The van der Waals surface area contributed by atoms with Gasteiger partial charge in [-0.25, -0.2) is 15.0 Å². The van der Waals surface area contributed by atoms with Crippen molar-refractivity contribution in [1.29, 1.82) is 0 Å². The van der Waals surface area contributed by atoms with E-state index in [1.807, 2.05) is 34.0 Å². The summed E-state index contributed by atoms with van der Waals surface area (Å²) in [7, 11) is 0. The van der Waals surface area contributed by atoms with Crippen molar-refractivity contribution in [3.05, 3.63) is 47.0 Å². The highest BCUT2D eigenvalue weighted by Crippen LogP contribution is 2.33. The summed E-state index contributed by atoms with van der Waals surface area (Å²) in [6.45, 7) is 7.76. The van der Waals surface area contributed by atoms with Crippen LogP contribution < -0.4 is 10.6 Å². The van der Waals surface area contributed by atoms with Gasteiger partial charge in [-0.15, -0.1) is 22.7 Å². The second-order valence-corrected chi connectivity index (χ2v) is 10.7. The van der Waals surface area contributed by atoms with Gasteiger partial charge in [0.05, 0.1) is 27.9 Å². The number of nitrogens with one attached hydrogen (secondary N) is 2. The Morgan fingerprint density at radius 1 is 1.14 bits per heavy atom. The molecule has 0 spiro atoms. The molecule has 3 N–H and O–H groups in total. The van der Waals surface area contributed by atoms with E-state index < -0.39 is 0 Å². The van der Waals surface area contributed by atoms with Crippen molar-refractivity contribution in [2.75, 3.05) is 50.0 Å². The number of nitrogens with zero attached hydrogens (tertiary/aromatic N) is 5. The molecule has 0 bridgehead atoms. The van der Waals surface area contributed by atoms with Crippen molar-refractivity contribution < 1.29 is 9.90 Å². The van der Waals surface area contributed by atoms with E-state index in [0.717, 1.165) is 51.1 Å². The lowest BCUT2D eigenvalue weighted by molar-refractivity contribution is 0.0610. The smallest absolute Gasteiger partial charge is 0.273 e. The summed E-state index contributed by atoms with van der Waals surface area (Å²) in [4.78, 5) is 30.7. The van der Waals surface area contributed by atoms with Crippen molar-refractivity contribution in [2.24, 2.45) is 0 Å². The highest BCUT2D eigenvalue weighted by molar-refractivity contribution is 7.16. The van der Waals surface area contributed by atoms with Gasteiger partial charge in [-0.1, -0.05) is 0 Å². The Balaban J connectivity index is 1.34. The summed E-state index contributed by atoms with van der Waals surface area (Å²) in [6.07, 6.45) is 1.80. The van der Waals surface area contributed by atoms with Crippen LogP contribution in [0, 0.1) is 0 Å². The fourth-order valence-electron chi connectivity index (χ4n) is 4.18. The number of pyridine rings is 1. The van der Waals surface area contributed by atoms with Crippen LogP contribution >= 0.6 is 22.7 Å². The van der Waals surface area contributed by atoms with Gasteiger partial charge in [0, 0.05) is 67.8 Å². The molecule has 1 fully saturated rings. The molecule has 4 heterocycles. The zero-order valence-electron chi connectivity index (χ0n) is 20.3. The molecule has 1 aromatic carbocycles. The number of hydrogen-bond donors (Lipinski definition) is 3. The van der Waals surface area contributed by atoms with Crippen molar-refractivity contribution in [3.63, 3.8) is 0 Å². The third-order valence-corrected chi connectivity index (χ3v) is 7.65. The highest BCUT2D eigenvalue weighted by atomic mass is 32.1. The first-order valence-corrected chi connectivity index (χ1v) is 13.7. The molecule has 3 aromatic heterocycles. The van der Waals surface area contributed by atoms with Crippen LogP contribution in [0.4, 0.5) is 17.2 Å². The van der Waals surface area contributed by atoms with Crippen molar-refractivity contribution in [1.82, 2.24) is 24.8 Å². The highest BCUT2D eigenvalue weighted by Gasteiger charge is 2.24. The predicted molar refractivity (Wildman–Crippen MR) is 146 cm³/mol. The normalized spacial score (nSPS) is 14.5. The molecule has 4 aromatic rings. The Labute approximate surface area is 217 Å². The Bertz CT molecular complexity index is 1350. The molecule has 0 aliphatic carbocycles. The molecule has 0 atom stereocenters. The van der Waals surface area contributed by atoms with Crippen LogP contribution in [0.15, 0.2) is 41.4 Å². The minimum Gasteiger partial charge on any atom is -0.395 e. The summed E-state index contributed by atoms with van der Waals surface area (Å²) in [5, 5.41) is 18.6. The molecule has 0 radical (unpaired) electrons. The maximum atomic E-state index is 13.1. The van der Waals surface area contributed by atoms with Gasteiger partial charge in [0.1, 0.15) is 16.5 Å². The lowest BCUT2D eigenvalue weighted by Gasteiger charge is -2.33. The topological polar surface area (TPSA) is 107 Å². The minimum atomic E-state index is -0.0516. The molecule has 36 heavy (non-hydrogen) atoms. The molecular formula is C25H29N7O2S2. The summed E-state index contributed by atoms with van der Waals surface area (Å²) in [5.41, 5.74) is 6.01. The zero-order valence-corrected chi connectivity index (χ0v) is 21.9. The van der Waals surface area contributed by atoms with E-state index in [2.05, 4.69) is 50.4 Å². The standard InChI is InChI=1S/C25H29N7O2S2/c1-16(2)28-20-12-23(29-17-3-4-19-22(11-17)36-15-27-19)26-13-18(20)24-30-21(14-35-24)25(34)32-7-5-31(6-8-32)9-10-33/h3-4,11-16,33H,5-10H2,1-2H3,(H2,26,28,29). The number of piperazine rings is 1. The van der Waals surface area contributed by atoms with Gasteiger partial charge in [-0.2, -0.15) is 0 Å². The number of β-amino-alcohol motifs (C(OH)–C–C–N with tert-alkyl or cyclic N) is 1. The van der Waals surface area contributed by atoms with Crippen LogP contribution in [0.5, 0.6) is 0 Å². The lowest BCUT2D eigenvalue weighted by atomic mass is 10.2. The summed E-state index contributed by atoms with van der Waals surface area (Å²) < 4.78 is 1.12. The molecule has 11 heteroatoms. The average molecular weight is 524 g/mol. The van der Waals surface area contributed by atoms with E-state index in [9.17, 15) is 4.79 Å². The second-order valence-electron chi connectivity index (χ2n) is 8.97. The van der Waals surface area contributed by atoms with Crippen molar-refractivity contribution in [3.8, 4) is 10.6 Å². The van der Waals surface area contributed by atoms with Gasteiger partial charge < -0.3 is 20.6 Å². The van der Waals surface area contributed by atoms with Gasteiger partial charge in [0.2, 0.25) is 0 Å². The second kappa shape index (κ2) is 10.9. The molecular weight excluding hydrogens is 494 g/mol. The number of aliphatic hydroxyl groups is 1. The molecule has 188 valence electrons. The van der Waals surface area contributed by atoms with Gasteiger partial charge in [-0.05, 0) is 32.0 Å². The van der Waals surface area contributed by atoms with Crippen LogP contribution in [-0.4, -0.2) is 81.1 Å². The fraction of sp³-hybridized carbons (Fsp3) is 0.360. The van der Waals surface area contributed by atoms with Crippen LogP contribution in [0.1, 0.15) is 24.3 Å². The van der Waals surface area contributed by atoms with Crippen molar-refractivity contribution in [2.45, 2.75) is 19.9 Å². The number of aliphatic hydroxyl groups excluding tert-OH is 1. The summed E-state index contributed by atoms with van der Waals surface area (Å²) >= 11 is 3.06. The van der Waals surface area contributed by atoms with Crippen LogP contribution in [0.2, 0.25) is 0 Å². The maximum absolute atomic E-state index is 13.1. The minimum absolute atomic E-state index is 0.0516. The summed E-state index contributed by atoms with van der Waals surface area (Å²) in [5.74, 6) is 0.670. The van der Waals surface area contributed by atoms with E-state index in [4.69, 9.17) is 5.11 Å². The number of carbonyl (C=O) groups excluding carboxylic acids is 1. The lowest BCUT2D eigenvalue weighted by Crippen LogP contribution is -2.49. The number of hydrogen-bond acceptors (Lipinski definition) is 10. The number of benzene rings is 1. The van der Waals surface area contributed by atoms with E-state index in [-0.39, 0.29) is 18.6 Å². The Morgan fingerprint density at radius 3 is 2.75 bits per heavy atom. The van der Waals surface area contributed by atoms with E-state index in [1.165, 1.54) is 11.3 Å². The number of anilines is 3. The largest absolute Gasteiger partial charge is 0.395 e. The molecule has 1 saturated heterocycles. The number of aromatic nitrogens is 3. The zero-order chi connectivity index (χ0) is 25.1. The molecule has 1 aliphatic rings. The molecule has 1 amide bonds. The van der Waals surface area contributed by atoms with Gasteiger partial charge in [-0.3, -0.25) is 9.69 Å². The molecule has 1 aliphatic heterocycles. The third kappa shape index (κ3) is 5.49. The van der Waals surface area contributed by atoms with E-state index >= 15 is 0 Å². The third-order valence-electron chi connectivity index (χ3n) is 5.98. The van der Waals surface area contributed by atoms with Gasteiger partial charge in [0.15, 0.2) is 0 Å². The first kappa shape index (κ1) is 24.6. The molecule has 0 saturated carbocycles. The fourth-order valence-corrected chi connectivity index (χ4v) is 5.71. The quantitative estimate of drug-likeness (QED) is 0.317. The van der Waals surface area contributed by atoms with Gasteiger partial charge >= 0.3 is 0 Å².